The summed E-state index contributed by atoms with van der Waals surface area (Å²) in [7, 11) is 0. The maximum atomic E-state index is 11.6. The van der Waals surface area contributed by atoms with Crippen molar-refractivity contribution in [1.82, 2.24) is 10.2 Å². The molecule has 2 aliphatic heterocycles. The van der Waals surface area contributed by atoms with Crippen LogP contribution in [-0.2, 0) is 4.74 Å². The average Bonchev–Trinajstić information content (AvgIpc) is 2.79. The Bertz CT molecular complexity index is 220. The zero-order chi connectivity index (χ0) is 9.97. The number of piperazine rings is 1. The first kappa shape index (κ1) is 9.77. The van der Waals surface area contributed by atoms with Gasteiger partial charge in [0.1, 0.15) is 0 Å². The van der Waals surface area contributed by atoms with E-state index < -0.39 is 0 Å². The van der Waals surface area contributed by atoms with Crippen molar-refractivity contribution in [1.29, 1.82) is 0 Å². The molecule has 0 saturated carbocycles. The minimum atomic E-state index is -0.118. The molecule has 0 radical (unpaired) electrons. The highest BCUT2D eigenvalue weighted by Gasteiger charge is 2.40. The summed E-state index contributed by atoms with van der Waals surface area (Å²) in [5.41, 5.74) is 0. The minimum Gasteiger partial charge on any atom is -0.449 e. The summed E-state index contributed by atoms with van der Waals surface area (Å²) in [5.74, 6) is 0. The van der Waals surface area contributed by atoms with E-state index in [0.29, 0.717) is 18.7 Å². The van der Waals surface area contributed by atoms with E-state index in [1.54, 1.807) is 0 Å². The summed E-state index contributed by atoms with van der Waals surface area (Å²) in [6.45, 7) is 4.43. The second kappa shape index (κ2) is 4.17. The molecule has 2 aliphatic rings. The van der Waals surface area contributed by atoms with E-state index in [1.807, 2.05) is 4.90 Å². The molecule has 2 bridgehead atoms. The summed E-state index contributed by atoms with van der Waals surface area (Å²) in [6.07, 6.45) is 3.02. The van der Waals surface area contributed by atoms with Gasteiger partial charge in [0.2, 0.25) is 0 Å². The highest BCUT2D eigenvalue weighted by molar-refractivity contribution is 5.68. The molecule has 2 atom stereocenters. The lowest BCUT2D eigenvalue weighted by atomic mass is 10.2. The lowest BCUT2D eigenvalue weighted by Gasteiger charge is -2.26. The Kier molecular flexibility index (Phi) is 2.91. The van der Waals surface area contributed by atoms with Crippen LogP contribution in [0.4, 0.5) is 4.79 Å². The molecule has 0 aromatic rings. The van der Waals surface area contributed by atoms with Gasteiger partial charge in [-0.1, -0.05) is 13.3 Å². The number of hydrogen-bond acceptors (Lipinski definition) is 3. The fourth-order valence-corrected chi connectivity index (χ4v) is 2.17. The van der Waals surface area contributed by atoms with Crippen molar-refractivity contribution >= 4 is 6.09 Å². The number of rotatable bonds is 3. The molecule has 4 heteroatoms. The van der Waals surface area contributed by atoms with Crippen LogP contribution in [0.1, 0.15) is 26.2 Å². The van der Waals surface area contributed by atoms with Crippen LogP contribution in [0.2, 0.25) is 0 Å². The van der Waals surface area contributed by atoms with Crippen LogP contribution < -0.4 is 5.32 Å². The summed E-state index contributed by atoms with van der Waals surface area (Å²) >= 11 is 0. The Morgan fingerprint density at radius 3 is 3.07 bits per heavy atom. The van der Waals surface area contributed by atoms with Crippen molar-refractivity contribution in [2.75, 3.05) is 19.7 Å². The maximum absolute atomic E-state index is 11.6. The molecule has 1 N–H and O–H groups in total. The number of amides is 1. The Morgan fingerprint density at radius 1 is 1.64 bits per heavy atom. The van der Waals surface area contributed by atoms with E-state index in [-0.39, 0.29) is 6.09 Å². The highest BCUT2D eigenvalue weighted by atomic mass is 16.6. The molecule has 2 rings (SSSR count). The number of nitrogens with one attached hydrogen (secondary N) is 1. The Hall–Kier alpha value is -0.770. The second-order valence-electron chi connectivity index (χ2n) is 4.11. The molecule has 2 heterocycles. The van der Waals surface area contributed by atoms with Crippen molar-refractivity contribution in [3.63, 3.8) is 0 Å². The van der Waals surface area contributed by atoms with E-state index >= 15 is 0 Å². The SMILES string of the molecule is CCCCOC(=O)N1CC2CC1CN2. The molecule has 4 nitrogen and oxygen atoms in total. The van der Waals surface area contributed by atoms with Crippen LogP contribution in [0.3, 0.4) is 0 Å². The number of likely N-dealkylation sites (tertiary alicyclic amines) is 1. The van der Waals surface area contributed by atoms with E-state index in [0.717, 1.165) is 32.4 Å². The van der Waals surface area contributed by atoms with Gasteiger partial charge in [-0.15, -0.1) is 0 Å². The third-order valence-electron chi connectivity index (χ3n) is 3.01. The van der Waals surface area contributed by atoms with Crippen molar-refractivity contribution in [3.8, 4) is 0 Å². The molecule has 80 valence electrons. The molecular weight excluding hydrogens is 180 g/mol. The first-order chi connectivity index (χ1) is 6.81. The van der Waals surface area contributed by atoms with E-state index in [4.69, 9.17) is 4.74 Å². The molecule has 0 aromatic heterocycles. The number of unbranched alkanes of at least 4 members (excludes halogenated alkanes) is 1. The fraction of sp³-hybridized carbons (Fsp3) is 0.900. The third kappa shape index (κ3) is 1.85. The largest absolute Gasteiger partial charge is 0.449 e. The average molecular weight is 198 g/mol. The zero-order valence-corrected chi connectivity index (χ0v) is 8.66. The van der Waals surface area contributed by atoms with Gasteiger partial charge in [-0.05, 0) is 12.8 Å². The Morgan fingerprint density at radius 2 is 2.50 bits per heavy atom. The topological polar surface area (TPSA) is 41.6 Å². The molecule has 0 spiro atoms. The molecule has 14 heavy (non-hydrogen) atoms. The molecule has 0 aliphatic carbocycles. The van der Waals surface area contributed by atoms with E-state index in [2.05, 4.69) is 12.2 Å². The first-order valence-corrected chi connectivity index (χ1v) is 5.48. The van der Waals surface area contributed by atoms with Gasteiger partial charge in [-0.25, -0.2) is 4.79 Å². The summed E-state index contributed by atoms with van der Waals surface area (Å²) in [5, 5.41) is 3.36. The van der Waals surface area contributed by atoms with Crippen LogP contribution in [0, 0.1) is 0 Å². The van der Waals surface area contributed by atoms with Gasteiger partial charge in [0, 0.05) is 25.2 Å². The number of nitrogens with zero attached hydrogens (tertiary/aromatic N) is 1. The predicted octanol–water partition coefficient (Wildman–Crippen LogP) is 0.969. The second-order valence-corrected chi connectivity index (χ2v) is 4.11. The van der Waals surface area contributed by atoms with E-state index in [9.17, 15) is 4.79 Å². The molecule has 2 fully saturated rings. The predicted molar refractivity (Wildman–Crippen MR) is 53.2 cm³/mol. The van der Waals surface area contributed by atoms with Gasteiger partial charge >= 0.3 is 6.09 Å². The monoisotopic (exact) mass is 198 g/mol. The van der Waals surface area contributed by atoms with Gasteiger partial charge in [0.25, 0.3) is 0 Å². The van der Waals surface area contributed by atoms with Crippen molar-refractivity contribution in [2.45, 2.75) is 38.3 Å². The molecule has 1 amide bonds. The number of carbonyl (C=O) groups is 1. The first-order valence-electron chi connectivity index (χ1n) is 5.48. The van der Waals surface area contributed by atoms with Gasteiger partial charge in [0.05, 0.1) is 6.61 Å². The smallest absolute Gasteiger partial charge is 0.410 e. The Labute approximate surface area is 84.6 Å². The fourth-order valence-electron chi connectivity index (χ4n) is 2.17. The molecule has 2 unspecified atom stereocenters. The number of hydrogen-bond donors (Lipinski definition) is 1. The lowest BCUT2D eigenvalue weighted by molar-refractivity contribution is 0.0925. The maximum Gasteiger partial charge on any atom is 0.410 e. The van der Waals surface area contributed by atoms with Crippen molar-refractivity contribution < 1.29 is 9.53 Å². The van der Waals surface area contributed by atoms with Gasteiger partial charge in [0.15, 0.2) is 0 Å². The van der Waals surface area contributed by atoms with Crippen molar-refractivity contribution in [3.05, 3.63) is 0 Å². The zero-order valence-electron chi connectivity index (χ0n) is 8.66. The van der Waals surface area contributed by atoms with Gasteiger partial charge in [-0.2, -0.15) is 0 Å². The van der Waals surface area contributed by atoms with Gasteiger partial charge in [-0.3, -0.25) is 0 Å². The molecule has 2 saturated heterocycles. The number of carbonyl (C=O) groups excluding carboxylic acids is 1. The summed E-state index contributed by atoms with van der Waals surface area (Å²) < 4.78 is 5.18. The van der Waals surface area contributed by atoms with Gasteiger partial charge < -0.3 is 15.0 Å². The Balaban J connectivity index is 1.75. The molecule has 0 aromatic carbocycles. The van der Waals surface area contributed by atoms with E-state index in [1.165, 1.54) is 0 Å². The summed E-state index contributed by atoms with van der Waals surface area (Å²) in [4.78, 5) is 13.5. The normalized spacial score (nSPS) is 29.6. The van der Waals surface area contributed by atoms with Crippen LogP contribution in [-0.4, -0.2) is 42.8 Å². The minimum absolute atomic E-state index is 0.118. The van der Waals surface area contributed by atoms with Crippen molar-refractivity contribution in [2.24, 2.45) is 0 Å². The van der Waals surface area contributed by atoms with Crippen LogP contribution >= 0.6 is 0 Å². The quantitative estimate of drug-likeness (QED) is 0.687. The lowest BCUT2D eigenvalue weighted by Crippen LogP contribution is -2.46. The molecular formula is C10H18N2O2. The number of ether oxygens (including phenoxy) is 1. The number of fused-ring (bicyclic) bond motifs is 2. The summed E-state index contributed by atoms with van der Waals surface area (Å²) in [6, 6.07) is 0.896. The standard InChI is InChI=1S/C10H18N2O2/c1-2-3-4-14-10(13)12-7-8-5-9(12)6-11-8/h8-9,11H,2-7H2,1H3. The third-order valence-corrected chi connectivity index (χ3v) is 3.01. The van der Waals surface area contributed by atoms with Crippen LogP contribution in [0.15, 0.2) is 0 Å². The highest BCUT2D eigenvalue weighted by Crippen LogP contribution is 2.23. The van der Waals surface area contributed by atoms with Crippen LogP contribution in [0.5, 0.6) is 0 Å². The van der Waals surface area contributed by atoms with Crippen LogP contribution in [0.25, 0.3) is 0 Å².